The third-order valence-corrected chi connectivity index (χ3v) is 4.22. The second kappa shape index (κ2) is 6.73. The normalized spacial score (nSPS) is 16.8. The van der Waals surface area contributed by atoms with Crippen LogP contribution in [0.5, 0.6) is 0 Å². The fraction of sp³-hybridized carbons (Fsp3) is 0.533. The van der Waals surface area contributed by atoms with Crippen molar-refractivity contribution in [1.29, 1.82) is 0 Å². The van der Waals surface area contributed by atoms with E-state index in [2.05, 4.69) is 6.92 Å². The van der Waals surface area contributed by atoms with Crippen molar-refractivity contribution in [2.24, 2.45) is 11.1 Å². The van der Waals surface area contributed by atoms with Crippen molar-refractivity contribution < 1.29 is 13.9 Å². The molecule has 0 aromatic heterocycles. The number of nitrogens with two attached hydrogens (primary N) is 1. The Bertz CT molecular complexity index is 515. The number of nitrogens with zero attached hydrogens (tertiary/aromatic N) is 1. The third kappa shape index (κ3) is 3.93. The summed E-state index contributed by atoms with van der Waals surface area (Å²) >= 11 is 5.80. The van der Waals surface area contributed by atoms with Crippen molar-refractivity contribution in [1.82, 2.24) is 4.90 Å². The molecule has 1 aromatic rings. The Hall–Kier alpha value is -1.17. The summed E-state index contributed by atoms with van der Waals surface area (Å²) in [6.07, 6.45) is 0.945. The summed E-state index contributed by atoms with van der Waals surface area (Å²) in [6, 6.07) is 4.88. The van der Waals surface area contributed by atoms with Gasteiger partial charge in [0.1, 0.15) is 5.82 Å². The van der Waals surface area contributed by atoms with E-state index in [4.69, 9.17) is 22.1 Å². The van der Waals surface area contributed by atoms with Gasteiger partial charge in [0.15, 0.2) is 0 Å². The molecule has 0 radical (unpaired) electrons. The Morgan fingerprint density at radius 2 is 2.24 bits per heavy atom. The molecule has 0 saturated carbocycles. The summed E-state index contributed by atoms with van der Waals surface area (Å²) in [5, 5.41) is 0.0868. The molecule has 1 fully saturated rings. The summed E-state index contributed by atoms with van der Waals surface area (Å²) in [7, 11) is 0. The van der Waals surface area contributed by atoms with E-state index >= 15 is 0 Å². The molecule has 1 aliphatic rings. The molecule has 1 heterocycles. The maximum atomic E-state index is 14.0. The van der Waals surface area contributed by atoms with E-state index in [1.54, 1.807) is 12.1 Å². The molecule has 0 bridgehead atoms. The average Bonchev–Trinajstić information content (AvgIpc) is 2.38. The first-order valence-corrected chi connectivity index (χ1v) is 7.35. The van der Waals surface area contributed by atoms with Crippen molar-refractivity contribution >= 4 is 17.5 Å². The summed E-state index contributed by atoms with van der Waals surface area (Å²) in [6.45, 7) is 4.46. The van der Waals surface area contributed by atoms with Crippen molar-refractivity contribution in [3.05, 3.63) is 34.6 Å². The monoisotopic (exact) mass is 314 g/mol. The first kappa shape index (κ1) is 16.2. The second-order valence-corrected chi connectivity index (χ2v) is 6.08. The Morgan fingerprint density at radius 1 is 1.52 bits per heavy atom. The predicted octanol–water partition coefficient (Wildman–Crippen LogP) is 2.19. The topological polar surface area (TPSA) is 55.6 Å². The zero-order valence-electron chi connectivity index (χ0n) is 12.1. The molecule has 6 heteroatoms. The quantitative estimate of drug-likeness (QED) is 0.839. The molecule has 21 heavy (non-hydrogen) atoms. The first-order valence-electron chi connectivity index (χ1n) is 6.97. The highest BCUT2D eigenvalue weighted by atomic mass is 35.5. The Morgan fingerprint density at radius 3 is 2.76 bits per heavy atom. The van der Waals surface area contributed by atoms with Gasteiger partial charge in [-0.15, -0.1) is 0 Å². The molecule has 116 valence electrons. The molecule has 0 aliphatic carbocycles. The molecule has 0 unspecified atom stereocenters. The summed E-state index contributed by atoms with van der Waals surface area (Å²) in [4.78, 5) is 13.1. The minimum absolute atomic E-state index is 0.0322. The van der Waals surface area contributed by atoms with Crippen LogP contribution in [0, 0.1) is 11.2 Å². The van der Waals surface area contributed by atoms with E-state index in [0.717, 1.165) is 6.42 Å². The largest absolute Gasteiger partial charge is 0.380 e. The number of hydrogen-bond donors (Lipinski definition) is 1. The van der Waals surface area contributed by atoms with Gasteiger partial charge in [-0.05, 0) is 12.5 Å². The van der Waals surface area contributed by atoms with Crippen LogP contribution in [-0.4, -0.2) is 37.1 Å². The van der Waals surface area contributed by atoms with Crippen LogP contribution in [0.4, 0.5) is 4.39 Å². The number of amides is 1. The van der Waals surface area contributed by atoms with Crippen LogP contribution in [0.3, 0.4) is 0 Å². The summed E-state index contributed by atoms with van der Waals surface area (Å²) < 4.78 is 19.3. The molecule has 1 aromatic carbocycles. The van der Waals surface area contributed by atoms with Gasteiger partial charge in [0, 0.05) is 24.1 Å². The molecule has 0 atom stereocenters. The Labute approximate surface area is 129 Å². The van der Waals surface area contributed by atoms with Gasteiger partial charge in [-0.25, -0.2) is 4.39 Å². The van der Waals surface area contributed by atoms with E-state index in [9.17, 15) is 9.18 Å². The molecule has 2 N–H and O–H groups in total. The van der Waals surface area contributed by atoms with Crippen LogP contribution in [-0.2, 0) is 16.1 Å². The van der Waals surface area contributed by atoms with Crippen LogP contribution < -0.4 is 5.73 Å². The van der Waals surface area contributed by atoms with Crippen LogP contribution >= 0.6 is 11.6 Å². The van der Waals surface area contributed by atoms with Crippen LogP contribution in [0.1, 0.15) is 18.9 Å². The lowest BCUT2D eigenvalue weighted by Crippen LogP contribution is -2.51. The third-order valence-electron chi connectivity index (χ3n) is 3.93. The van der Waals surface area contributed by atoms with Gasteiger partial charge in [-0.2, -0.15) is 0 Å². The maximum Gasteiger partial charge on any atom is 0.231 e. The van der Waals surface area contributed by atoms with Gasteiger partial charge >= 0.3 is 0 Å². The van der Waals surface area contributed by atoms with E-state index < -0.39 is 11.7 Å². The van der Waals surface area contributed by atoms with Gasteiger partial charge in [0.05, 0.1) is 24.8 Å². The number of rotatable bonds is 7. The maximum absolute atomic E-state index is 14.0. The second-order valence-electron chi connectivity index (χ2n) is 5.67. The zero-order valence-corrected chi connectivity index (χ0v) is 12.8. The fourth-order valence-electron chi connectivity index (χ4n) is 2.57. The van der Waals surface area contributed by atoms with Gasteiger partial charge in [-0.3, -0.25) is 9.69 Å². The van der Waals surface area contributed by atoms with Crippen molar-refractivity contribution in [2.75, 3.05) is 26.3 Å². The Kier molecular flexibility index (Phi) is 5.19. The van der Waals surface area contributed by atoms with E-state index in [-0.39, 0.29) is 17.0 Å². The van der Waals surface area contributed by atoms with Gasteiger partial charge in [0.2, 0.25) is 5.91 Å². The van der Waals surface area contributed by atoms with E-state index in [1.807, 2.05) is 4.90 Å². The van der Waals surface area contributed by atoms with Gasteiger partial charge < -0.3 is 10.5 Å². The minimum Gasteiger partial charge on any atom is -0.380 e. The molecule has 0 spiro atoms. The average molecular weight is 315 g/mol. The van der Waals surface area contributed by atoms with Crippen molar-refractivity contribution in [3.63, 3.8) is 0 Å². The number of carbonyl (C=O) groups is 1. The first-order chi connectivity index (χ1) is 9.96. The molecule has 1 aliphatic heterocycles. The minimum atomic E-state index is -0.441. The molecular weight excluding hydrogens is 295 g/mol. The number of halogens is 2. The number of carbonyl (C=O) groups excluding carboxylic acids is 1. The van der Waals surface area contributed by atoms with Crippen LogP contribution in [0.15, 0.2) is 18.2 Å². The Balaban J connectivity index is 2.12. The highest BCUT2D eigenvalue weighted by molar-refractivity contribution is 6.30. The number of ether oxygens (including phenoxy) is 1. The lowest BCUT2D eigenvalue weighted by atomic mass is 9.82. The van der Waals surface area contributed by atoms with Crippen molar-refractivity contribution in [2.45, 2.75) is 19.9 Å². The number of benzene rings is 1. The van der Waals surface area contributed by atoms with Gasteiger partial charge in [0.25, 0.3) is 0 Å². The molecule has 1 saturated heterocycles. The highest BCUT2D eigenvalue weighted by Gasteiger charge is 2.38. The summed E-state index contributed by atoms with van der Waals surface area (Å²) in [5.74, 6) is -0.868. The van der Waals surface area contributed by atoms with Gasteiger partial charge in [-0.1, -0.05) is 30.7 Å². The smallest absolute Gasteiger partial charge is 0.231 e. The standard InChI is InChI=1S/C15H20ClFN2O2/c1-2-15(9-21-10-15)8-19(7-13(18)20)6-11-4-3-5-12(16)14(11)17/h3-5H,2,6-10H2,1H3,(H2,18,20). The molecule has 2 rings (SSSR count). The lowest BCUT2D eigenvalue weighted by Gasteiger charge is -2.44. The lowest BCUT2D eigenvalue weighted by molar-refractivity contribution is -0.134. The number of primary amides is 1. The fourth-order valence-corrected chi connectivity index (χ4v) is 2.77. The van der Waals surface area contributed by atoms with Crippen LogP contribution in [0.25, 0.3) is 0 Å². The van der Waals surface area contributed by atoms with Crippen LogP contribution in [0.2, 0.25) is 5.02 Å². The molecule has 1 amide bonds. The summed E-state index contributed by atoms with van der Waals surface area (Å²) in [5.41, 5.74) is 5.80. The van der Waals surface area contributed by atoms with Crippen molar-refractivity contribution in [3.8, 4) is 0 Å². The van der Waals surface area contributed by atoms with E-state index in [0.29, 0.717) is 31.9 Å². The zero-order chi connectivity index (χ0) is 15.5. The highest BCUT2D eigenvalue weighted by Crippen LogP contribution is 2.32. The SMILES string of the molecule is CCC1(CN(CC(N)=O)Cc2cccc(Cl)c2F)COC1. The predicted molar refractivity (Wildman–Crippen MR) is 79.4 cm³/mol. The molecular formula is C15H20ClFN2O2. The number of hydrogen-bond acceptors (Lipinski definition) is 3. The van der Waals surface area contributed by atoms with E-state index in [1.165, 1.54) is 6.07 Å². The molecule has 4 nitrogen and oxygen atoms in total.